The van der Waals surface area contributed by atoms with Crippen LogP contribution >= 0.6 is 0 Å². The summed E-state index contributed by atoms with van der Waals surface area (Å²) in [6.07, 6.45) is 18.2. The van der Waals surface area contributed by atoms with Gasteiger partial charge in [0, 0.05) is 37.5 Å². The second kappa shape index (κ2) is 25.0. The minimum Gasteiger partial charge on any atom is -0.453 e. The Labute approximate surface area is 292 Å². The van der Waals surface area contributed by atoms with Crippen LogP contribution < -0.4 is 9.47 Å². The molecule has 0 bridgehead atoms. The number of aromatic nitrogens is 2. The maximum absolute atomic E-state index is 13.5. The summed E-state index contributed by atoms with van der Waals surface area (Å²) in [6, 6.07) is 15.5. The number of nitrogens with zero attached hydrogens (tertiary/aromatic N) is 2. The molecule has 2 aliphatic carbocycles. The van der Waals surface area contributed by atoms with Crippen molar-refractivity contribution in [3.8, 4) is 23.1 Å². The zero-order valence-corrected chi connectivity index (χ0v) is 29.4. The van der Waals surface area contributed by atoms with Crippen LogP contribution in [0.1, 0.15) is 64.2 Å². The van der Waals surface area contributed by atoms with E-state index in [2.05, 4.69) is 0 Å². The second-order valence-corrected chi connectivity index (χ2v) is 10.1. The molecule has 0 radical (unpaired) electrons. The first-order chi connectivity index (χ1) is 21.4. The van der Waals surface area contributed by atoms with Gasteiger partial charge in [-0.1, -0.05) is 64.2 Å². The molecule has 2 aliphatic rings. The Morgan fingerprint density at radius 1 is 0.553 bits per heavy atom. The number of rotatable bonds is 8. The molecule has 2 saturated carbocycles. The van der Waals surface area contributed by atoms with Gasteiger partial charge in [-0.25, -0.2) is 17.6 Å². The van der Waals surface area contributed by atoms with Gasteiger partial charge >= 0.3 is 21.7 Å². The zero-order chi connectivity index (χ0) is 31.6. The van der Waals surface area contributed by atoms with Crippen LogP contribution in [0.25, 0.3) is 11.4 Å². The number of benzene rings is 2. The molecule has 4 aromatic rings. The van der Waals surface area contributed by atoms with Gasteiger partial charge in [0.2, 0.25) is 0 Å². The standard InChI is InChI=1S/2C12H10F2NO2.2C5H10.2CH3.Ti/c2*1-16-8-17-12-3-2-6-15(12)11-5-4-9(13)7-10(11)14;2*1-2-4-5-3-1;;;/h2*2-6H,8H2,1H3;2*1-5H2;2*1H3;/q2*-1;;;2*-1;+4. The Morgan fingerprint density at radius 2 is 0.872 bits per heavy atom. The average Bonchev–Trinajstić information content (AvgIpc) is 3.85. The van der Waals surface area contributed by atoms with Crippen LogP contribution in [0.2, 0.25) is 0 Å². The predicted octanol–water partition coefficient (Wildman–Crippen LogP) is 9.88. The SMILES string of the molecule is C1CCCC1.C1CCCC1.COCOc1cccn1-c1ccc(F)[c-]c1F.COCOc1cccn1-c1ccc(F)[c-]c1F.[CH3-].[CH3-].[Ti+4]. The first-order valence-electron chi connectivity index (χ1n) is 14.8. The van der Waals surface area contributed by atoms with E-state index in [9.17, 15) is 17.6 Å². The molecule has 0 unspecified atom stereocenters. The Kier molecular flexibility index (Phi) is 23.4. The first-order valence-corrected chi connectivity index (χ1v) is 14.8. The summed E-state index contributed by atoms with van der Waals surface area (Å²) >= 11 is 0. The van der Waals surface area contributed by atoms with Gasteiger partial charge in [-0.3, -0.25) is 0 Å². The Bertz CT molecular complexity index is 1260. The molecule has 6 nitrogen and oxygen atoms in total. The van der Waals surface area contributed by atoms with Crippen molar-refractivity contribution in [2.24, 2.45) is 0 Å². The molecule has 47 heavy (non-hydrogen) atoms. The quantitative estimate of drug-likeness (QED) is 0.0798. The molecule has 0 amide bonds. The summed E-state index contributed by atoms with van der Waals surface area (Å²) < 4.78 is 75.4. The van der Waals surface area contributed by atoms with E-state index in [4.69, 9.17) is 18.9 Å². The Morgan fingerprint density at radius 3 is 1.15 bits per heavy atom. The van der Waals surface area contributed by atoms with Gasteiger partial charge in [0.05, 0.1) is 0 Å². The van der Waals surface area contributed by atoms with Crippen LogP contribution in [0, 0.1) is 50.3 Å². The van der Waals surface area contributed by atoms with E-state index >= 15 is 0 Å². The third-order valence-electron chi connectivity index (χ3n) is 6.77. The van der Waals surface area contributed by atoms with Crippen molar-refractivity contribution in [2.45, 2.75) is 64.2 Å². The molecule has 256 valence electrons. The minimum absolute atomic E-state index is 0. The van der Waals surface area contributed by atoms with Crippen LogP contribution in [-0.2, 0) is 31.2 Å². The zero-order valence-electron chi connectivity index (χ0n) is 27.8. The average molecular weight is 695 g/mol. The van der Waals surface area contributed by atoms with Gasteiger partial charge in [0.15, 0.2) is 25.3 Å². The molecule has 2 fully saturated rings. The number of ether oxygens (including phenoxy) is 4. The number of hydrogen-bond donors (Lipinski definition) is 0. The third kappa shape index (κ3) is 15.2. The molecule has 2 heterocycles. The van der Waals surface area contributed by atoms with Gasteiger partial charge in [-0.2, -0.15) is 0 Å². The maximum Gasteiger partial charge on any atom is 4.00 e. The van der Waals surface area contributed by atoms with E-state index < -0.39 is 23.3 Å². The summed E-state index contributed by atoms with van der Waals surface area (Å²) in [5, 5.41) is 0. The molecule has 0 saturated heterocycles. The van der Waals surface area contributed by atoms with Gasteiger partial charge < -0.3 is 42.9 Å². The van der Waals surface area contributed by atoms with Crippen molar-refractivity contribution in [2.75, 3.05) is 27.8 Å². The predicted molar refractivity (Wildman–Crippen MR) is 173 cm³/mol. The maximum atomic E-state index is 13.5. The molecular weight excluding hydrogens is 648 g/mol. The molecular formula is C36H46F4N2O4Ti. The van der Waals surface area contributed by atoms with Crippen molar-refractivity contribution in [3.05, 3.63) is 111 Å². The van der Waals surface area contributed by atoms with E-state index in [1.807, 2.05) is 12.1 Å². The summed E-state index contributed by atoms with van der Waals surface area (Å²) in [4.78, 5) is 0. The molecule has 0 N–H and O–H groups in total. The van der Waals surface area contributed by atoms with E-state index in [0.717, 1.165) is 12.1 Å². The summed E-state index contributed by atoms with van der Waals surface area (Å²) in [6.45, 7) is 0.104. The van der Waals surface area contributed by atoms with Crippen molar-refractivity contribution in [1.82, 2.24) is 9.13 Å². The molecule has 2 aromatic carbocycles. The van der Waals surface area contributed by atoms with E-state index in [0.29, 0.717) is 11.8 Å². The Balaban J connectivity index is 0.000000662. The van der Waals surface area contributed by atoms with Crippen molar-refractivity contribution >= 4 is 0 Å². The van der Waals surface area contributed by atoms with Gasteiger partial charge in [-0.05, 0) is 48.0 Å². The number of methoxy groups -OCH3 is 2. The van der Waals surface area contributed by atoms with Gasteiger partial charge in [-0.15, -0.1) is 36.4 Å². The van der Waals surface area contributed by atoms with Crippen molar-refractivity contribution in [1.29, 1.82) is 0 Å². The van der Waals surface area contributed by atoms with Crippen molar-refractivity contribution < 1.29 is 58.2 Å². The van der Waals surface area contributed by atoms with E-state index in [1.165, 1.54) is 99.7 Å². The fraction of sp³-hybridized carbons (Fsp3) is 0.389. The monoisotopic (exact) mass is 694 g/mol. The molecule has 0 atom stereocenters. The molecule has 0 aliphatic heterocycles. The topological polar surface area (TPSA) is 46.8 Å². The summed E-state index contributed by atoms with van der Waals surface area (Å²) in [7, 11) is 2.97. The molecule has 2 aromatic heterocycles. The third-order valence-corrected chi connectivity index (χ3v) is 6.77. The smallest absolute Gasteiger partial charge is 0.453 e. The van der Waals surface area contributed by atoms with Crippen LogP contribution in [0.15, 0.2) is 60.9 Å². The Hall–Kier alpha value is -3.05. The van der Waals surface area contributed by atoms with Crippen molar-refractivity contribution in [3.63, 3.8) is 0 Å². The van der Waals surface area contributed by atoms with E-state index in [1.54, 1.807) is 36.7 Å². The molecule has 0 spiro atoms. The summed E-state index contributed by atoms with van der Waals surface area (Å²) in [5.74, 6) is -2.21. The number of hydrogen-bond acceptors (Lipinski definition) is 4. The normalized spacial score (nSPS) is 12.7. The van der Waals surface area contributed by atoms with Crippen LogP contribution in [0.4, 0.5) is 17.6 Å². The fourth-order valence-corrected chi connectivity index (χ4v) is 4.61. The fourth-order valence-electron chi connectivity index (χ4n) is 4.61. The van der Waals surface area contributed by atoms with Gasteiger partial charge in [0.1, 0.15) is 0 Å². The van der Waals surface area contributed by atoms with Crippen LogP contribution in [0.3, 0.4) is 0 Å². The van der Waals surface area contributed by atoms with E-state index in [-0.39, 0.29) is 61.5 Å². The second-order valence-electron chi connectivity index (χ2n) is 10.1. The van der Waals surface area contributed by atoms with Crippen LogP contribution in [-0.4, -0.2) is 36.9 Å². The summed E-state index contributed by atoms with van der Waals surface area (Å²) in [5.41, 5.74) is 0.338. The number of halogens is 4. The largest absolute Gasteiger partial charge is 4.00 e. The van der Waals surface area contributed by atoms with Crippen LogP contribution in [0.5, 0.6) is 11.8 Å². The molecule has 11 heteroatoms. The minimum atomic E-state index is -0.775. The molecule has 6 rings (SSSR count). The first kappa shape index (κ1) is 44.0. The van der Waals surface area contributed by atoms with Gasteiger partial charge in [0.25, 0.3) is 0 Å².